The van der Waals surface area contributed by atoms with E-state index >= 15 is 0 Å². The molecule has 0 bridgehead atoms. The summed E-state index contributed by atoms with van der Waals surface area (Å²) in [4.78, 5) is 2.11. The molecule has 60 valence electrons. The topological polar surface area (TPSA) is 23.5 Å². The van der Waals surface area contributed by atoms with Crippen LogP contribution in [-0.2, 0) is 0 Å². The standard InChI is InChI=1S/C8H16NO/c1-9-5-2-8(3-6-9)4-7-10/h8,10H,1-7H2/q-1. The van der Waals surface area contributed by atoms with E-state index < -0.39 is 0 Å². The highest BCUT2D eigenvalue weighted by molar-refractivity contribution is 4.70. The van der Waals surface area contributed by atoms with Gasteiger partial charge in [-0.3, -0.25) is 7.05 Å². The molecule has 1 fully saturated rings. The van der Waals surface area contributed by atoms with Gasteiger partial charge in [0.15, 0.2) is 0 Å². The van der Waals surface area contributed by atoms with Gasteiger partial charge in [0.25, 0.3) is 0 Å². The minimum atomic E-state index is 0.349. The maximum atomic E-state index is 8.66. The molecule has 1 N–H and O–H groups in total. The zero-order valence-corrected chi connectivity index (χ0v) is 6.42. The number of hydrogen-bond acceptors (Lipinski definition) is 2. The van der Waals surface area contributed by atoms with Crippen LogP contribution >= 0.6 is 0 Å². The molecule has 0 amide bonds. The molecule has 0 aliphatic carbocycles. The molecule has 1 aliphatic rings. The lowest BCUT2D eigenvalue weighted by Crippen LogP contribution is -2.28. The first kappa shape index (κ1) is 8.02. The van der Waals surface area contributed by atoms with Gasteiger partial charge in [-0.1, -0.05) is 0 Å². The summed E-state index contributed by atoms with van der Waals surface area (Å²) in [5, 5.41) is 8.66. The number of nitrogens with zero attached hydrogens (tertiary/aromatic N) is 1. The van der Waals surface area contributed by atoms with Crippen LogP contribution < -0.4 is 0 Å². The highest BCUT2D eigenvalue weighted by atomic mass is 16.3. The molecular formula is C8H16NO-. The third kappa shape index (κ3) is 2.27. The van der Waals surface area contributed by atoms with Crippen LogP contribution in [0.1, 0.15) is 19.3 Å². The smallest absolute Gasteiger partial charge is 0.0433 e. The fourth-order valence-corrected chi connectivity index (χ4v) is 1.46. The zero-order valence-electron chi connectivity index (χ0n) is 6.42. The van der Waals surface area contributed by atoms with Crippen LogP contribution in [0.2, 0.25) is 0 Å². The van der Waals surface area contributed by atoms with Gasteiger partial charge < -0.3 is 10.0 Å². The van der Waals surface area contributed by atoms with Crippen LogP contribution in [0.3, 0.4) is 0 Å². The van der Waals surface area contributed by atoms with Gasteiger partial charge in [-0.05, 0) is 38.3 Å². The van der Waals surface area contributed by atoms with E-state index in [4.69, 9.17) is 5.11 Å². The first-order chi connectivity index (χ1) is 4.83. The van der Waals surface area contributed by atoms with Gasteiger partial charge in [-0.2, -0.15) is 0 Å². The SMILES string of the molecule is [CH2-]N1CCC(CCO)CC1. The van der Waals surface area contributed by atoms with Crippen molar-refractivity contribution in [3.8, 4) is 0 Å². The fourth-order valence-electron chi connectivity index (χ4n) is 1.46. The Kier molecular flexibility index (Phi) is 3.16. The van der Waals surface area contributed by atoms with Crippen LogP contribution in [-0.4, -0.2) is 29.7 Å². The summed E-state index contributed by atoms with van der Waals surface area (Å²) in [5.74, 6) is 0.753. The molecule has 0 aromatic rings. The van der Waals surface area contributed by atoms with Gasteiger partial charge in [0.2, 0.25) is 0 Å². The van der Waals surface area contributed by atoms with Crippen LogP contribution in [0.15, 0.2) is 0 Å². The lowest BCUT2D eigenvalue weighted by molar-refractivity contribution is 0.191. The maximum Gasteiger partial charge on any atom is 0.0433 e. The molecule has 0 saturated carbocycles. The quantitative estimate of drug-likeness (QED) is 0.578. The Bertz CT molecular complexity index is 87.3. The largest absolute Gasteiger partial charge is 0.459 e. The number of hydrogen-bond donors (Lipinski definition) is 1. The lowest BCUT2D eigenvalue weighted by Gasteiger charge is -2.34. The lowest BCUT2D eigenvalue weighted by atomic mass is 9.94. The van der Waals surface area contributed by atoms with Crippen molar-refractivity contribution in [2.75, 3.05) is 19.7 Å². The van der Waals surface area contributed by atoms with E-state index in [1.54, 1.807) is 0 Å². The monoisotopic (exact) mass is 142 g/mol. The Morgan fingerprint density at radius 1 is 1.40 bits per heavy atom. The zero-order chi connectivity index (χ0) is 7.40. The number of aliphatic hydroxyl groups excluding tert-OH is 1. The fraction of sp³-hybridized carbons (Fsp3) is 0.875. The van der Waals surface area contributed by atoms with Gasteiger partial charge in [-0.15, -0.1) is 0 Å². The predicted octanol–water partition coefficient (Wildman–Crippen LogP) is 0.872. The summed E-state index contributed by atoms with van der Waals surface area (Å²) < 4.78 is 0. The normalized spacial score (nSPS) is 23.4. The summed E-state index contributed by atoms with van der Waals surface area (Å²) >= 11 is 0. The van der Waals surface area contributed by atoms with E-state index in [2.05, 4.69) is 11.9 Å². The number of rotatable bonds is 2. The second-order valence-electron chi connectivity index (χ2n) is 3.07. The highest BCUT2D eigenvalue weighted by Crippen LogP contribution is 2.18. The highest BCUT2D eigenvalue weighted by Gasteiger charge is 2.12. The van der Waals surface area contributed by atoms with E-state index in [1.807, 2.05) is 0 Å². The van der Waals surface area contributed by atoms with Crippen molar-refractivity contribution < 1.29 is 5.11 Å². The Balaban J connectivity index is 2.13. The summed E-state index contributed by atoms with van der Waals surface area (Å²) in [6.45, 7) is 2.55. The molecule has 0 atom stereocenters. The van der Waals surface area contributed by atoms with Crippen molar-refractivity contribution >= 4 is 0 Å². The Morgan fingerprint density at radius 3 is 2.50 bits per heavy atom. The van der Waals surface area contributed by atoms with Gasteiger partial charge in [-0.25, -0.2) is 0 Å². The van der Waals surface area contributed by atoms with E-state index in [0.29, 0.717) is 6.61 Å². The summed E-state index contributed by atoms with van der Waals surface area (Å²) in [6.07, 6.45) is 3.40. The second-order valence-corrected chi connectivity index (χ2v) is 3.07. The van der Waals surface area contributed by atoms with Crippen LogP contribution in [0.4, 0.5) is 0 Å². The van der Waals surface area contributed by atoms with Crippen molar-refractivity contribution in [2.24, 2.45) is 5.92 Å². The molecule has 1 rings (SSSR count). The Labute approximate surface area is 62.8 Å². The first-order valence-electron chi connectivity index (χ1n) is 3.99. The van der Waals surface area contributed by atoms with Gasteiger partial charge in [0.1, 0.15) is 0 Å². The van der Waals surface area contributed by atoms with Crippen molar-refractivity contribution in [1.29, 1.82) is 0 Å². The van der Waals surface area contributed by atoms with Crippen LogP contribution in [0.5, 0.6) is 0 Å². The summed E-state index contributed by atoms with van der Waals surface area (Å²) in [5.41, 5.74) is 0. The van der Waals surface area contributed by atoms with Crippen molar-refractivity contribution in [1.82, 2.24) is 4.90 Å². The molecule has 0 spiro atoms. The molecule has 1 heterocycles. The number of likely N-dealkylation sites (tertiary alicyclic amines) is 1. The molecular weight excluding hydrogens is 126 g/mol. The average Bonchev–Trinajstić information content (AvgIpc) is 1.95. The molecule has 0 aromatic heterocycles. The van der Waals surface area contributed by atoms with Gasteiger partial charge in [0, 0.05) is 6.61 Å². The third-order valence-corrected chi connectivity index (χ3v) is 2.24. The summed E-state index contributed by atoms with van der Waals surface area (Å²) in [7, 11) is 3.86. The van der Waals surface area contributed by atoms with Crippen molar-refractivity contribution in [3.63, 3.8) is 0 Å². The Morgan fingerprint density at radius 2 is 2.00 bits per heavy atom. The summed E-state index contributed by atoms with van der Waals surface area (Å²) in [6, 6.07) is 0. The molecule has 2 heteroatoms. The minimum Gasteiger partial charge on any atom is -0.459 e. The predicted molar refractivity (Wildman–Crippen MR) is 41.4 cm³/mol. The van der Waals surface area contributed by atoms with E-state index in [9.17, 15) is 0 Å². The Hall–Kier alpha value is -0.0800. The average molecular weight is 142 g/mol. The van der Waals surface area contributed by atoms with Crippen LogP contribution in [0.25, 0.3) is 0 Å². The second kappa shape index (κ2) is 3.94. The molecule has 2 nitrogen and oxygen atoms in total. The van der Waals surface area contributed by atoms with E-state index in [-0.39, 0.29) is 0 Å². The minimum absolute atomic E-state index is 0.349. The van der Waals surface area contributed by atoms with Gasteiger partial charge in [0.05, 0.1) is 0 Å². The van der Waals surface area contributed by atoms with E-state index in [0.717, 1.165) is 25.4 Å². The molecule has 1 saturated heterocycles. The molecule has 0 radical (unpaired) electrons. The number of aliphatic hydroxyl groups is 1. The van der Waals surface area contributed by atoms with Crippen molar-refractivity contribution in [3.05, 3.63) is 7.05 Å². The molecule has 10 heavy (non-hydrogen) atoms. The number of piperidine rings is 1. The molecule has 1 aliphatic heterocycles. The van der Waals surface area contributed by atoms with Crippen LogP contribution in [0, 0.1) is 13.0 Å². The van der Waals surface area contributed by atoms with E-state index in [1.165, 1.54) is 12.8 Å². The first-order valence-corrected chi connectivity index (χ1v) is 3.99. The van der Waals surface area contributed by atoms with Gasteiger partial charge >= 0.3 is 0 Å². The molecule has 0 unspecified atom stereocenters. The molecule has 0 aromatic carbocycles. The third-order valence-electron chi connectivity index (χ3n) is 2.24. The maximum absolute atomic E-state index is 8.66. The van der Waals surface area contributed by atoms with Crippen molar-refractivity contribution in [2.45, 2.75) is 19.3 Å².